The molecule has 0 saturated carbocycles. The Labute approximate surface area is 273 Å². The third-order valence-corrected chi connectivity index (χ3v) is 15.2. The van der Waals surface area contributed by atoms with Crippen LogP contribution in [0.2, 0.25) is 0 Å². The first-order valence-corrected chi connectivity index (χ1v) is 18.2. The third kappa shape index (κ3) is 6.12. The molecule has 2 saturated heterocycles. The number of nitrogens with zero attached hydrogens (tertiary/aromatic N) is 3. The number of carbonyl (C=O) groups is 3. The van der Waals surface area contributed by atoms with Crippen LogP contribution in [-0.2, 0) is 37.8 Å². The number of esters is 1. The number of benzene rings is 3. The summed E-state index contributed by atoms with van der Waals surface area (Å²) in [5.74, 6) is 0.542. The number of urea groups is 1. The zero-order valence-electron chi connectivity index (χ0n) is 26.0. The Bertz CT molecular complexity index is 1690. The Morgan fingerprint density at radius 2 is 1.49 bits per heavy atom. The zero-order chi connectivity index (χ0) is 33.7. The van der Waals surface area contributed by atoms with Gasteiger partial charge in [-0.1, -0.05) is 0 Å². The molecule has 2 atom stereocenters. The molecule has 2 aliphatic heterocycles. The van der Waals surface area contributed by atoms with Crippen LogP contribution in [0.25, 0.3) is 0 Å². The van der Waals surface area contributed by atoms with Crippen LogP contribution in [0.1, 0.15) is 13.3 Å². The molecule has 3 aromatic rings. The van der Waals surface area contributed by atoms with Gasteiger partial charge in [-0.05, 0) is 0 Å². The van der Waals surface area contributed by atoms with Gasteiger partial charge in [0.1, 0.15) is 0 Å². The monoisotopic (exact) mass is 682 g/mol. The summed E-state index contributed by atoms with van der Waals surface area (Å²) < 4.78 is 45.7. The second-order valence-electron chi connectivity index (χ2n) is 10.7. The summed E-state index contributed by atoms with van der Waals surface area (Å²) >= 11 is 0. The molecule has 47 heavy (non-hydrogen) atoms. The molecular formula is C32H35N4O9PS. The molecule has 0 unspecified atom stereocenters. The zero-order valence-corrected chi connectivity index (χ0v) is 27.7. The number of hydrogen-bond acceptors (Lipinski definition) is 10. The van der Waals surface area contributed by atoms with Gasteiger partial charge >= 0.3 is 273 Å². The summed E-state index contributed by atoms with van der Waals surface area (Å²) in [6.07, 6.45) is 1.59. The van der Waals surface area contributed by atoms with Crippen molar-refractivity contribution in [2.75, 3.05) is 27.3 Å². The molecule has 13 nitrogen and oxygen atoms in total. The van der Waals surface area contributed by atoms with Crippen LogP contribution in [-0.4, -0.2) is 81.4 Å². The van der Waals surface area contributed by atoms with Crippen LogP contribution in [0.3, 0.4) is 0 Å². The number of hydroxylamine groups is 2. The molecule has 0 aliphatic carbocycles. The van der Waals surface area contributed by atoms with E-state index in [1.54, 1.807) is 91.6 Å². The molecule has 3 aromatic carbocycles. The Morgan fingerprint density at radius 1 is 0.957 bits per heavy atom. The average molecular weight is 683 g/mol. The van der Waals surface area contributed by atoms with E-state index in [1.807, 2.05) is 18.2 Å². The first-order chi connectivity index (χ1) is 22.6. The van der Waals surface area contributed by atoms with Gasteiger partial charge in [0.25, 0.3) is 0 Å². The van der Waals surface area contributed by atoms with Crippen molar-refractivity contribution in [3.8, 4) is 0 Å². The fourth-order valence-electron chi connectivity index (χ4n) is 5.94. The first-order valence-electron chi connectivity index (χ1n) is 14.7. The van der Waals surface area contributed by atoms with E-state index in [1.165, 1.54) is 14.2 Å². The van der Waals surface area contributed by atoms with Gasteiger partial charge in [-0.3, -0.25) is 0 Å². The van der Waals surface area contributed by atoms with Gasteiger partial charge in [-0.15, -0.1) is 0 Å². The minimum absolute atomic E-state index is 0.0988. The molecule has 3 amide bonds. The predicted molar refractivity (Wildman–Crippen MR) is 177 cm³/mol. The summed E-state index contributed by atoms with van der Waals surface area (Å²) in [5, 5.41) is 8.69. The molecule has 0 aromatic heterocycles. The molecule has 0 spiro atoms. The van der Waals surface area contributed by atoms with E-state index in [2.05, 4.69) is 10.5 Å². The Kier molecular flexibility index (Phi) is 9.78. The van der Waals surface area contributed by atoms with E-state index in [4.69, 9.17) is 17.8 Å². The third-order valence-electron chi connectivity index (χ3n) is 8.04. The quantitative estimate of drug-likeness (QED) is 0.172. The van der Waals surface area contributed by atoms with Gasteiger partial charge in [-0.2, -0.15) is 0 Å². The van der Waals surface area contributed by atoms with Crippen molar-refractivity contribution in [3.05, 3.63) is 103 Å². The van der Waals surface area contributed by atoms with Crippen molar-refractivity contribution >= 4 is 56.8 Å². The van der Waals surface area contributed by atoms with E-state index in [9.17, 15) is 22.8 Å². The number of piperidine rings is 1. The Balaban J connectivity index is 1.64. The Morgan fingerprint density at radius 3 is 1.96 bits per heavy atom. The molecule has 0 radical (unpaired) electrons. The number of rotatable bonds is 12. The van der Waals surface area contributed by atoms with Gasteiger partial charge in [0.05, 0.1) is 0 Å². The number of amides is 3. The molecule has 2 heterocycles. The van der Waals surface area contributed by atoms with E-state index in [0.29, 0.717) is 21.0 Å². The van der Waals surface area contributed by atoms with Crippen molar-refractivity contribution in [3.63, 3.8) is 0 Å². The van der Waals surface area contributed by atoms with Crippen LogP contribution in [0.15, 0.2) is 108 Å². The summed E-state index contributed by atoms with van der Waals surface area (Å²) in [6, 6.07) is 23.8. The van der Waals surface area contributed by atoms with Crippen molar-refractivity contribution in [2.45, 2.75) is 25.4 Å². The van der Waals surface area contributed by atoms with E-state index in [0.717, 1.165) is 4.90 Å². The number of allylic oxidation sites excluding steroid dienone is 1. The molecule has 2 fully saturated rings. The van der Waals surface area contributed by atoms with Gasteiger partial charge in [0, 0.05) is 0 Å². The number of hydrogen-bond donors (Lipinski definition) is 1. The molecule has 248 valence electrons. The number of nitrogens with one attached hydrogen (secondary N) is 1. The molecule has 2 bridgehead atoms. The summed E-state index contributed by atoms with van der Waals surface area (Å²) in [7, 11) is -2.53. The normalized spacial score (nSPS) is 19.8. The molecule has 15 heteroatoms. The van der Waals surface area contributed by atoms with Crippen molar-refractivity contribution in [1.82, 2.24) is 15.3 Å². The molecule has 1 N–H and O–H groups in total. The number of oxime groups is 1. The van der Waals surface area contributed by atoms with Crippen LogP contribution >= 0.6 is 6.83 Å². The molecular weight excluding hydrogens is 647 g/mol. The van der Waals surface area contributed by atoms with Gasteiger partial charge < -0.3 is 0 Å². The predicted octanol–water partition coefficient (Wildman–Crippen LogP) is 2.33. The Hall–Kier alpha value is -4.62. The van der Waals surface area contributed by atoms with Crippen molar-refractivity contribution in [2.24, 2.45) is 5.16 Å². The molecule has 2 aliphatic rings. The number of fused-ring (bicyclic) bond motifs is 2. The van der Waals surface area contributed by atoms with E-state index in [-0.39, 0.29) is 18.7 Å². The second kappa shape index (κ2) is 13.6. The number of carbonyl (C=O) groups excluding carboxylic acids is 3. The van der Waals surface area contributed by atoms with Gasteiger partial charge in [0.15, 0.2) is 0 Å². The second-order valence-corrected chi connectivity index (χ2v) is 16.3. The maximum atomic E-state index is 14.4. The number of ether oxygens (including phenoxy) is 1. The average Bonchev–Trinajstić information content (AvgIpc) is 3.35. The summed E-state index contributed by atoms with van der Waals surface area (Å²) in [4.78, 5) is 44.4. The van der Waals surface area contributed by atoms with Gasteiger partial charge in [0.2, 0.25) is 0 Å². The van der Waals surface area contributed by atoms with E-state index >= 15 is 0 Å². The number of methoxy groups -OCH3 is 1. The SMILES string of the molecule is CC=CP(OS(=O)(=O)ON1C(=O)N2C[C@H]1C(=NOCC(=O)NC)C[C@H]2C(=O)OC)(c1ccccc1)(c1ccccc1)c1ccccc1. The van der Waals surface area contributed by atoms with Crippen LogP contribution < -0.4 is 21.2 Å². The fraction of sp³-hybridized carbons (Fsp3) is 0.250. The van der Waals surface area contributed by atoms with E-state index < -0.39 is 53.8 Å². The van der Waals surface area contributed by atoms with Gasteiger partial charge in [-0.25, -0.2) is 0 Å². The summed E-state index contributed by atoms with van der Waals surface area (Å²) in [5.41, 5.74) is 0.0988. The minimum atomic E-state index is -5.11. The summed E-state index contributed by atoms with van der Waals surface area (Å²) in [6.45, 7) is -3.42. The fourth-order valence-corrected chi connectivity index (χ4v) is 13.4. The van der Waals surface area contributed by atoms with Crippen LogP contribution in [0.5, 0.6) is 0 Å². The van der Waals surface area contributed by atoms with Crippen LogP contribution in [0.4, 0.5) is 4.79 Å². The maximum absolute atomic E-state index is 14.4. The first kappa shape index (κ1) is 33.7. The standard InChI is InChI=1S/C32H35N4O9PS/c1-4-20-46(24-14-8-5-9-15-24,25-16-10-6-11-17-25,26-18-12-7-13-19-26)45-47(40,41)44-36-29-22-35(32(36)39)28(31(38)42-3)21-27(29)34-43-23-30(37)33-2/h4-20,28-29H,21-23H2,1-3H3,(H,33,37)/t28-,29-/m0/s1. The topological polar surface area (TPSA) is 153 Å². The van der Waals surface area contributed by atoms with Crippen molar-refractivity contribution in [1.29, 1.82) is 0 Å². The van der Waals surface area contributed by atoms with Crippen molar-refractivity contribution < 1.29 is 40.6 Å². The number of likely N-dealkylation sites (N-methyl/N-ethyl adjacent to an activating group) is 1. The van der Waals surface area contributed by atoms with Crippen LogP contribution in [0, 0.1) is 0 Å². The molecule has 5 rings (SSSR count).